The normalized spacial score (nSPS) is 24.9. The number of alkyl halides is 1. The molecule has 0 radical (unpaired) electrons. The molecule has 4 atom stereocenters. The Balaban J connectivity index is 1.52. The summed E-state index contributed by atoms with van der Waals surface area (Å²) in [6.07, 6.45) is 1.49. The van der Waals surface area contributed by atoms with E-state index in [1.54, 1.807) is 24.3 Å². The number of primary amides is 1. The maximum absolute atomic E-state index is 15.9. The van der Waals surface area contributed by atoms with Crippen molar-refractivity contribution in [3.63, 3.8) is 0 Å². The third-order valence-electron chi connectivity index (χ3n) is 9.03. The lowest BCUT2D eigenvalue weighted by molar-refractivity contribution is -0.122. The quantitative estimate of drug-likeness (QED) is 0.268. The summed E-state index contributed by atoms with van der Waals surface area (Å²) < 4.78 is 35.6. The molecular weight excluding hydrogens is 601 g/mol. The Hall–Kier alpha value is -3.73. The van der Waals surface area contributed by atoms with E-state index >= 15 is 4.39 Å². The van der Waals surface area contributed by atoms with E-state index in [0.717, 1.165) is 0 Å². The fourth-order valence-corrected chi connectivity index (χ4v) is 7.05. The summed E-state index contributed by atoms with van der Waals surface area (Å²) in [4.78, 5) is 40.1. The van der Waals surface area contributed by atoms with Gasteiger partial charge in [0.15, 0.2) is 0 Å². The first-order chi connectivity index (χ1) is 20.5. The number of fused-ring (bicyclic) bond motifs is 2. The molecule has 2 fully saturated rings. The number of hydrogen-bond donors (Lipinski definition) is 4. The monoisotopic (exact) mass is 628 g/mol. The molecule has 3 aromatic carbocycles. The van der Waals surface area contributed by atoms with Crippen molar-refractivity contribution < 1.29 is 27.9 Å². The van der Waals surface area contributed by atoms with Crippen LogP contribution >= 0.6 is 23.2 Å². The maximum atomic E-state index is 15.9. The minimum absolute atomic E-state index is 0.0572. The molecule has 1 spiro atoms. The third-order valence-corrected chi connectivity index (χ3v) is 9.55. The van der Waals surface area contributed by atoms with Crippen LogP contribution in [-0.4, -0.2) is 43.6 Å². The van der Waals surface area contributed by atoms with Crippen molar-refractivity contribution in [1.82, 2.24) is 5.32 Å². The molecule has 3 amide bonds. The highest BCUT2D eigenvalue weighted by atomic mass is 35.5. The number of rotatable bonds is 8. The summed E-state index contributed by atoms with van der Waals surface area (Å²) in [7, 11) is 1.37. The highest BCUT2D eigenvalue weighted by Crippen LogP contribution is 2.60. The molecule has 1 saturated heterocycles. The van der Waals surface area contributed by atoms with E-state index in [4.69, 9.17) is 33.7 Å². The van der Waals surface area contributed by atoms with Crippen molar-refractivity contribution in [2.75, 3.05) is 24.4 Å². The van der Waals surface area contributed by atoms with Gasteiger partial charge < -0.3 is 26.4 Å². The van der Waals surface area contributed by atoms with E-state index in [0.29, 0.717) is 29.1 Å². The second-order valence-corrected chi connectivity index (χ2v) is 12.3. The summed E-state index contributed by atoms with van der Waals surface area (Å²) in [5.74, 6) is -3.43. The molecule has 6 rings (SSSR count). The van der Waals surface area contributed by atoms with Crippen LogP contribution in [0.2, 0.25) is 10.0 Å². The van der Waals surface area contributed by atoms with Crippen LogP contribution in [-0.2, 0) is 15.0 Å². The second-order valence-electron chi connectivity index (χ2n) is 11.4. The van der Waals surface area contributed by atoms with Crippen molar-refractivity contribution in [1.29, 1.82) is 0 Å². The standard InChI is InChI=1S/C31H28Cl2F2N4O4/c1-43-22-11-15(27(36)40)5-8-20(22)37-28(41)26-24(17-3-2-4-19(33)25(17)35)31(23(39-26)13-30(14-34)9-10-30)18-7-6-16(32)12-21(18)38-29(31)42/h2-8,11-12,23-24,26,39H,9-10,13-14H2,1H3,(H2,36,40)(H,37,41)(H,38,42)/t23-,24?,26+,31+/m0/s1. The van der Waals surface area contributed by atoms with Gasteiger partial charge in [-0.05, 0) is 66.8 Å². The number of halogens is 4. The van der Waals surface area contributed by atoms with Gasteiger partial charge in [-0.3, -0.25) is 18.8 Å². The molecule has 3 aromatic rings. The van der Waals surface area contributed by atoms with E-state index in [1.807, 2.05) is 0 Å². The molecule has 0 aromatic heterocycles. The number of methoxy groups -OCH3 is 1. The van der Waals surface area contributed by atoms with Gasteiger partial charge in [-0.1, -0.05) is 41.4 Å². The van der Waals surface area contributed by atoms with Gasteiger partial charge in [0.2, 0.25) is 17.7 Å². The molecule has 12 heteroatoms. The van der Waals surface area contributed by atoms with Crippen molar-refractivity contribution in [2.45, 2.75) is 42.7 Å². The zero-order valence-electron chi connectivity index (χ0n) is 23.0. The Morgan fingerprint density at radius 3 is 2.58 bits per heavy atom. The Kier molecular flexibility index (Phi) is 7.35. The number of benzene rings is 3. The van der Waals surface area contributed by atoms with E-state index in [1.165, 1.54) is 37.4 Å². The molecule has 0 bridgehead atoms. The fourth-order valence-electron chi connectivity index (χ4n) is 6.70. The van der Waals surface area contributed by atoms with Crippen LogP contribution in [0.1, 0.15) is 46.7 Å². The first-order valence-corrected chi connectivity index (χ1v) is 14.5. The smallest absolute Gasteiger partial charge is 0.248 e. The van der Waals surface area contributed by atoms with Crippen LogP contribution in [0.5, 0.6) is 5.75 Å². The average molecular weight is 629 g/mol. The largest absolute Gasteiger partial charge is 0.495 e. The number of carbonyl (C=O) groups is 3. The van der Waals surface area contributed by atoms with Crippen LogP contribution in [0.4, 0.5) is 20.2 Å². The number of carbonyl (C=O) groups excluding carboxylic acids is 3. The van der Waals surface area contributed by atoms with Gasteiger partial charge >= 0.3 is 0 Å². The van der Waals surface area contributed by atoms with E-state index in [9.17, 15) is 18.8 Å². The molecule has 5 N–H and O–H groups in total. The van der Waals surface area contributed by atoms with Gasteiger partial charge in [-0.25, -0.2) is 4.39 Å². The molecule has 1 unspecified atom stereocenters. The van der Waals surface area contributed by atoms with Gasteiger partial charge in [-0.2, -0.15) is 0 Å². The number of amides is 3. The molecule has 224 valence electrons. The Labute approximate surface area is 256 Å². The summed E-state index contributed by atoms with van der Waals surface area (Å²) in [5.41, 5.74) is 4.64. The molecule has 1 aliphatic carbocycles. The summed E-state index contributed by atoms with van der Waals surface area (Å²) in [5, 5.41) is 9.24. The first kappa shape index (κ1) is 29.3. The number of nitrogens with two attached hydrogens (primary N) is 1. The molecule has 2 aliphatic heterocycles. The third kappa shape index (κ3) is 4.72. The summed E-state index contributed by atoms with van der Waals surface area (Å²) in [6.45, 7) is -0.590. The second kappa shape index (κ2) is 10.8. The molecule has 1 saturated carbocycles. The van der Waals surface area contributed by atoms with Crippen molar-refractivity contribution in [2.24, 2.45) is 11.1 Å². The van der Waals surface area contributed by atoms with Gasteiger partial charge in [0.05, 0.1) is 30.5 Å². The van der Waals surface area contributed by atoms with Crippen molar-refractivity contribution in [3.8, 4) is 5.75 Å². The van der Waals surface area contributed by atoms with Crippen LogP contribution in [0.3, 0.4) is 0 Å². The van der Waals surface area contributed by atoms with E-state index < -0.39 is 59.0 Å². The van der Waals surface area contributed by atoms with Crippen LogP contribution in [0, 0.1) is 11.2 Å². The molecule has 8 nitrogen and oxygen atoms in total. The lowest BCUT2D eigenvalue weighted by atomic mass is 9.63. The molecule has 43 heavy (non-hydrogen) atoms. The Bertz CT molecular complexity index is 1670. The topological polar surface area (TPSA) is 123 Å². The predicted molar refractivity (Wildman–Crippen MR) is 159 cm³/mol. The molecule has 3 aliphatic rings. The van der Waals surface area contributed by atoms with E-state index in [-0.39, 0.29) is 34.0 Å². The number of hydrogen-bond acceptors (Lipinski definition) is 5. The van der Waals surface area contributed by atoms with E-state index in [2.05, 4.69) is 16.0 Å². The predicted octanol–water partition coefficient (Wildman–Crippen LogP) is 5.33. The minimum Gasteiger partial charge on any atom is -0.495 e. The highest BCUT2D eigenvalue weighted by Gasteiger charge is 2.67. The lowest BCUT2D eigenvalue weighted by Gasteiger charge is -2.36. The zero-order valence-corrected chi connectivity index (χ0v) is 24.5. The van der Waals surface area contributed by atoms with Gasteiger partial charge in [0.25, 0.3) is 0 Å². The van der Waals surface area contributed by atoms with Crippen LogP contribution < -0.4 is 26.4 Å². The van der Waals surface area contributed by atoms with Crippen molar-refractivity contribution >= 4 is 52.3 Å². The maximum Gasteiger partial charge on any atom is 0.248 e. The highest BCUT2D eigenvalue weighted by molar-refractivity contribution is 6.31. The minimum atomic E-state index is -1.52. The SMILES string of the molecule is COc1cc(C(N)=O)ccc1NC(=O)[C@@H]1N[C@@H](CC2(CF)CC2)[C@@]2(C(=O)Nc3cc(Cl)ccc32)C1c1cccc(Cl)c1F. The lowest BCUT2D eigenvalue weighted by Crippen LogP contribution is -2.49. The fraction of sp³-hybridized carbons (Fsp3) is 0.323. The van der Waals surface area contributed by atoms with Gasteiger partial charge in [-0.15, -0.1) is 0 Å². The average Bonchev–Trinajstić information content (AvgIpc) is 3.60. The Morgan fingerprint density at radius 2 is 1.91 bits per heavy atom. The van der Waals surface area contributed by atoms with Crippen LogP contribution in [0.25, 0.3) is 0 Å². The van der Waals surface area contributed by atoms with Gasteiger partial charge in [0.1, 0.15) is 17.0 Å². The Morgan fingerprint density at radius 1 is 1.14 bits per heavy atom. The number of ether oxygens (including phenoxy) is 1. The molecule has 2 heterocycles. The summed E-state index contributed by atoms with van der Waals surface area (Å²) in [6, 6.07) is 11.7. The van der Waals surface area contributed by atoms with Crippen molar-refractivity contribution in [3.05, 3.63) is 87.2 Å². The summed E-state index contributed by atoms with van der Waals surface area (Å²) >= 11 is 12.5. The van der Waals surface area contributed by atoms with Crippen LogP contribution in [0.15, 0.2) is 54.6 Å². The zero-order chi connectivity index (χ0) is 30.7. The van der Waals surface area contributed by atoms with Gasteiger partial charge in [0, 0.05) is 33.6 Å². The number of anilines is 2. The molecular formula is C31H28Cl2F2N4O4. The first-order valence-electron chi connectivity index (χ1n) is 13.7. The number of nitrogens with one attached hydrogen (secondary N) is 3.